The number of benzene rings is 3. The maximum atomic E-state index is 13.4. The number of hydrogen-bond acceptors (Lipinski definition) is 5. The van der Waals surface area contributed by atoms with Crippen molar-refractivity contribution in [2.45, 2.75) is 25.3 Å². The number of nitrogens with zero attached hydrogens (tertiary/aromatic N) is 3. The first kappa shape index (κ1) is 27.0. The minimum atomic E-state index is -3.69. The zero-order valence-corrected chi connectivity index (χ0v) is 22.9. The monoisotopic (exact) mass is 541 g/mol. The van der Waals surface area contributed by atoms with E-state index in [1.165, 1.54) is 11.4 Å². The first-order valence-electron chi connectivity index (χ1n) is 12.3. The van der Waals surface area contributed by atoms with Crippen LogP contribution in [0, 0.1) is 6.92 Å². The molecule has 4 rings (SSSR count). The molecular weight excluding hydrogens is 510 g/mol. The maximum Gasteiger partial charge on any atom is 0.253 e. The molecule has 0 aliphatic carbocycles. The topological polar surface area (TPSA) is 70.2 Å². The summed E-state index contributed by atoms with van der Waals surface area (Å²) < 4.78 is 33.2. The third kappa shape index (κ3) is 6.09. The highest BCUT2D eigenvalue weighted by Gasteiger charge is 2.26. The summed E-state index contributed by atoms with van der Waals surface area (Å²) in [4.78, 5) is 17.7. The average molecular weight is 542 g/mol. The van der Waals surface area contributed by atoms with Crippen LogP contribution in [0.5, 0.6) is 5.75 Å². The number of amides is 1. The molecule has 0 aromatic heterocycles. The van der Waals surface area contributed by atoms with Crippen LogP contribution < -0.4 is 9.64 Å². The van der Waals surface area contributed by atoms with Crippen molar-refractivity contribution in [1.29, 1.82) is 0 Å². The van der Waals surface area contributed by atoms with Crippen molar-refractivity contribution in [3.05, 3.63) is 88.4 Å². The second kappa shape index (κ2) is 11.5. The van der Waals surface area contributed by atoms with Gasteiger partial charge in [0.15, 0.2) is 0 Å². The molecule has 1 amide bonds. The Labute approximate surface area is 224 Å². The Kier molecular flexibility index (Phi) is 8.42. The van der Waals surface area contributed by atoms with E-state index in [0.717, 1.165) is 11.3 Å². The number of hydrogen-bond donors (Lipinski definition) is 0. The predicted molar refractivity (Wildman–Crippen MR) is 147 cm³/mol. The number of ether oxygens (including phenoxy) is 1. The minimum absolute atomic E-state index is 0.0789. The van der Waals surface area contributed by atoms with Gasteiger partial charge in [-0.15, -0.1) is 0 Å². The zero-order chi connectivity index (χ0) is 26.6. The number of halogens is 1. The van der Waals surface area contributed by atoms with E-state index in [9.17, 15) is 13.2 Å². The van der Waals surface area contributed by atoms with E-state index in [1.807, 2.05) is 30.0 Å². The van der Waals surface area contributed by atoms with Crippen molar-refractivity contribution >= 4 is 33.2 Å². The van der Waals surface area contributed by atoms with Gasteiger partial charge in [0.1, 0.15) is 5.75 Å². The van der Waals surface area contributed by atoms with E-state index >= 15 is 0 Å². The molecule has 0 N–H and O–H groups in total. The smallest absolute Gasteiger partial charge is 0.253 e. The number of carbonyl (C=O) groups is 1. The van der Waals surface area contributed by atoms with Crippen molar-refractivity contribution in [3.63, 3.8) is 0 Å². The molecule has 1 fully saturated rings. The quantitative estimate of drug-likeness (QED) is 0.408. The number of carbonyl (C=O) groups excluding carboxylic acids is 1. The van der Waals surface area contributed by atoms with E-state index in [-0.39, 0.29) is 17.3 Å². The van der Waals surface area contributed by atoms with Crippen molar-refractivity contribution in [2.75, 3.05) is 44.7 Å². The van der Waals surface area contributed by atoms with Crippen LogP contribution in [0.3, 0.4) is 0 Å². The molecule has 196 valence electrons. The van der Waals surface area contributed by atoms with Gasteiger partial charge in [-0.25, -0.2) is 8.42 Å². The maximum absolute atomic E-state index is 13.4. The molecule has 9 heteroatoms. The van der Waals surface area contributed by atoms with Crippen LogP contribution in [0.25, 0.3) is 0 Å². The van der Waals surface area contributed by atoms with Gasteiger partial charge in [0, 0.05) is 61.6 Å². The van der Waals surface area contributed by atoms with Gasteiger partial charge >= 0.3 is 0 Å². The molecule has 3 aromatic rings. The fraction of sp³-hybridized carbons (Fsp3) is 0.321. The zero-order valence-electron chi connectivity index (χ0n) is 21.4. The summed E-state index contributed by atoms with van der Waals surface area (Å²) in [5, 5.41) is 0.695. The second-order valence-electron chi connectivity index (χ2n) is 9.04. The van der Waals surface area contributed by atoms with Crippen LogP contribution in [0.2, 0.25) is 5.02 Å². The molecule has 0 radical (unpaired) electrons. The van der Waals surface area contributed by atoms with Crippen LogP contribution in [0.1, 0.15) is 28.4 Å². The lowest BCUT2D eigenvalue weighted by molar-refractivity contribution is 0.0746. The number of aryl methyl sites for hydroxylation is 1. The third-order valence-corrected chi connectivity index (χ3v) is 8.58. The Balaban J connectivity index is 1.50. The fourth-order valence-corrected chi connectivity index (χ4v) is 5.82. The summed E-state index contributed by atoms with van der Waals surface area (Å²) in [5.41, 5.74) is 3.39. The molecule has 0 bridgehead atoms. The molecule has 1 heterocycles. The number of rotatable bonds is 8. The van der Waals surface area contributed by atoms with Crippen LogP contribution in [-0.4, -0.2) is 63.4 Å². The van der Waals surface area contributed by atoms with Gasteiger partial charge in [0.05, 0.1) is 11.5 Å². The summed E-state index contributed by atoms with van der Waals surface area (Å²) in [7, 11) is -2.16. The summed E-state index contributed by atoms with van der Waals surface area (Å²) in [6.07, 6.45) is 0. The Hall–Kier alpha value is -3.07. The Morgan fingerprint density at radius 3 is 2.38 bits per heavy atom. The highest BCUT2D eigenvalue weighted by molar-refractivity contribution is 7.89. The Morgan fingerprint density at radius 1 is 1.00 bits per heavy atom. The average Bonchev–Trinajstić information content (AvgIpc) is 2.91. The van der Waals surface area contributed by atoms with E-state index < -0.39 is 10.0 Å². The first-order chi connectivity index (χ1) is 17.7. The molecule has 0 unspecified atom stereocenters. The summed E-state index contributed by atoms with van der Waals surface area (Å²) in [5.74, 6) is 0.482. The lowest BCUT2D eigenvalue weighted by atomic mass is 10.1. The van der Waals surface area contributed by atoms with Gasteiger partial charge in [0.25, 0.3) is 5.91 Å². The second-order valence-corrected chi connectivity index (χ2v) is 11.5. The SMILES string of the molecule is CCOc1ccc(C(=O)N2CCN(c3cc(Cl)ccc3C)CC2)cc1CN(C)S(=O)(=O)c1ccccc1. The molecule has 37 heavy (non-hydrogen) atoms. The van der Waals surface area contributed by atoms with Gasteiger partial charge in [0.2, 0.25) is 10.0 Å². The molecule has 3 aromatic carbocycles. The van der Waals surface area contributed by atoms with Crippen LogP contribution in [-0.2, 0) is 16.6 Å². The van der Waals surface area contributed by atoms with Crippen molar-refractivity contribution in [3.8, 4) is 5.75 Å². The predicted octanol–water partition coefficient (Wildman–Crippen LogP) is 4.83. The number of anilines is 1. The highest BCUT2D eigenvalue weighted by atomic mass is 35.5. The van der Waals surface area contributed by atoms with Crippen molar-refractivity contribution in [2.24, 2.45) is 0 Å². The third-order valence-electron chi connectivity index (χ3n) is 6.53. The molecule has 0 atom stereocenters. The first-order valence-corrected chi connectivity index (χ1v) is 14.1. The number of piperazine rings is 1. The normalized spacial score (nSPS) is 14.2. The standard InChI is InChI=1S/C28H32ClN3O4S/c1-4-36-27-13-11-22(18-23(27)20-30(3)37(34,35)25-8-6-5-7-9-25)28(33)32-16-14-31(15-17-32)26-19-24(29)12-10-21(26)2/h5-13,18-19H,4,14-17,20H2,1-3H3. The van der Waals surface area contributed by atoms with Crippen LogP contribution in [0.4, 0.5) is 5.69 Å². The largest absolute Gasteiger partial charge is 0.494 e. The van der Waals surface area contributed by atoms with E-state index in [0.29, 0.717) is 54.7 Å². The van der Waals surface area contributed by atoms with E-state index in [4.69, 9.17) is 16.3 Å². The van der Waals surface area contributed by atoms with Gasteiger partial charge in [-0.1, -0.05) is 35.9 Å². The molecule has 1 aliphatic rings. The molecule has 0 spiro atoms. The molecule has 0 saturated carbocycles. The lowest BCUT2D eigenvalue weighted by Gasteiger charge is -2.37. The fourth-order valence-electron chi connectivity index (χ4n) is 4.49. The van der Waals surface area contributed by atoms with Crippen molar-refractivity contribution in [1.82, 2.24) is 9.21 Å². The van der Waals surface area contributed by atoms with Crippen LogP contribution >= 0.6 is 11.6 Å². The van der Waals surface area contributed by atoms with Gasteiger partial charge < -0.3 is 14.5 Å². The lowest BCUT2D eigenvalue weighted by Crippen LogP contribution is -2.49. The van der Waals surface area contributed by atoms with Crippen LogP contribution in [0.15, 0.2) is 71.6 Å². The minimum Gasteiger partial charge on any atom is -0.494 e. The molecule has 7 nitrogen and oxygen atoms in total. The van der Waals surface area contributed by atoms with E-state index in [2.05, 4.69) is 11.8 Å². The van der Waals surface area contributed by atoms with Gasteiger partial charge in [-0.05, 0) is 61.9 Å². The highest BCUT2D eigenvalue weighted by Crippen LogP contribution is 2.27. The Morgan fingerprint density at radius 2 is 1.70 bits per heavy atom. The summed E-state index contributed by atoms with van der Waals surface area (Å²) in [6.45, 7) is 7.00. The van der Waals surface area contributed by atoms with Gasteiger partial charge in [-0.2, -0.15) is 4.31 Å². The van der Waals surface area contributed by atoms with Gasteiger partial charge in [-0.3, -0.25) is 4.79 Å². The summed E-state index contributed by atoms with van der Waals surface area (Å²) >= 11 is 6.20. The number of sulfonamides is 1. The van der Waals surface area contributed by atoms with E-state index in [1.54, 1.807) is 48.5 Å². The molecule has 1 saturated heterocycles. The van der Waals surface area contributed by atoms with Crippen molar-refractivity contribution < 1.29 is 17.9 Å². The molecular formula is C28H32ClN3O4S. The molecule has 1 aliphatic heterocycles. The Bertz CT molecular complexity index is 1360. The summed E-state index contributed by atoms with van der Waals surface area (Å²) in [6, 6.07) is 19.4.